The van der Waals surface area contributed by atoms with Crippen LogP contribution in [-0.2, 0) is 13.0 Å². The third kappa shape index (κ3) is 1.87. The summed E-state index contributed by atoms with van der Waals surface area (Å²) in [5, 5.41) is 12.6. The van der Waals surface area contributed by atoms with Crippen molar-refractivity contribution in [3.05, 3.63) is 53.3 Å². The number of nitrogens with one attached hydrogen (secondary N) is 1. The van der Waals surface area contributed by atoms with Gasteiger partial charge in [0.1, 0.15) is 0 Å². The number of hydrogen-bond donors (Lipinski definition) is 2. The van der Waals surface area contributed by atoms with Crippen molar-refractivity contribution in [1.29, 1.82) is 0 Å². The number of hydrogen-bond acceptors (Lipinski definition) is 2. The van der Waals surface area contributed by atoms with E-state index in [4.69, 9.17) is 0 Å². The van der Waals surface area contributed by atoms with E-state index in [1.54, 1.807) is 6.07 Å². The zero-order chi connectivity index (χ0) is 12.5. The highest BCUT2D eigenvalue weighted by Gasteiger charge is 2.14. The third-order valence-electron chi connectivity index (χ3n) is 3.40. The Hall–Kier alpha value is -1.87. The Kier molecular flexibility index (Phi) is 2.76. The molecule has 0 amide bonds. The standard InChI is InChI=1S/C15H14FNO/c16-14-8-10(4-5-15(14)18)12-3-1-2-11-9-17-7-6-13(11)12/h1-5,8,17-18H,6-7,9H2. The lowest BCUT2D eigenvalue weighted by molar-refractivity contribution is 0.432. The van der Waals surface area contributed by atoms with E-state index in [-0.39, 0.29) is 5.75 Å². The molecule has 0 saturated carbocycles. The highest BCUT2D eigenvalue weighted by atomic mass is 19.1. The van der Waals surface area contributed by atoms with Gasteiger partial charge in [-0.15, -0.1) is 0 Å². The van der Waals surface area contributed by atoms with Gasteiger partial charge in [-0.1, -0.05) is 24.3 Å². The van der Waals surface area contributed by atoms with Crippen LogP contribution in [0.15, 0.2) is 36.4 Å². The highest BCUT2D eigenvalue weighted by molar-refractivity contribution is 5.69. The summed E-state index contributed by atoms with van der Waals surface area (Å²) in [6.07, 6.45) is 0.952. The summed E-state index contributed by atoms with van der Waals surface area (Å²) in [7, 11) is 0. The van der Waals surface area contributed by atoms with Crippen molar-refractivity contribution in [3.8, 4) is 16.9 Å². The molecule has 0 radical (unpaired) electrons. The summed E-state index contributed by atoms with van der Waals surface area (Å²) in [5.41, 5.74) is 4.44. The smallest absolute Gasteiger partial charge is 0.165 e. The minimum Gasteiger partial charge on any atom is -0.505 e. The summed E-state index contributed by atoms with van der Waals surface area (Å²) in [5.74, 6) is -0.871. The molecule has 0 aliphatic carbocycles. The first kappa shape index (κ1) is 11.2. The predicted octanol–water partition coefficient (Wildman–Crippen LogP) is 2.84. The fraction of sp³-hybridized carbons (Fsp3) is 0.200. The molecule has 3 heteroatoms. The van der Waals surface area contributed by atoms with Gasteiger partial charge in [0, 0.05) is 6.54 Å². The lowest BCUT2D eigenvalue weighted by atomic mass is 9.91. The van der Waals surface area contributed by atoms with E-state index in [0.29, 0.717) is 0 Å². The van der Waals surface area contributed by atoms with Crippen LogP contribution in [0, 0.1) is 5.82 Å². The first-order chi connectivity index (χ1) is 8.75. The van der Waals surface area contributed by atoms with E-state index in [2.05, 4.69) is 11.4 Å². The van der Waals surface area contributed by atoms with Gasteiger partial charge in [0.15, 0.2) is 11.6 Å². The van der Waals surface area contributed by atoms with Gasteiger partial charge in [-0.3, -0.25) is 0 Å². The summed E-state index contributed by atoms with van der Waals surface area (Å²) in [4.78, 5) is 0. The minimum atomic E-state index is -0.570. The maximum atomic E-state index is 13.4. The summed E-state index contributed by atoms with van der Waals surface area (Å²) < 4.78 is 13.4. The number of phenolic OH excluding ortho intramolecular Hbond substituents is 1. The van der Waals surface area contributed by atoms with Gasteiger partial charge >= 0.3 is 0 Å². The molecule has 2 aromatic rings. The molecule has 0 atom stereocenters. The maximum absolute atomic E-state index is 13.4. The first-order valence-electron chi connectivity index (χ1n) is 6.06. The fourth-order valence-electron chi connectivity index (χ4n) is 2.48. The number of phenols is 1. The zero-order valence-corrected chi connectivity index (χ0v) is 9.91. The van der Waals surface area contributed by atoms with Crippen molar-refractivity contribution >= 4 is 0 Å². The molecule has 1 aliphatic heterocycles. The average Bonchev–Trinajstić information content (AvgIpc) is 2.41. The van der Waals surface area contributed by atoms with Crippen molar-refractivity contribution in [3.63, 3.8) is 0 Å². The normalized spacial score (nSPS) is 14.3. The van der Waals surface area contributed by atoms with Crippen LogP contribution in [0.25, 0.3) is 11.1 Å². The van der Waals surface area contributed by atoms with Crippen LogP contribution in [0.4, 0.5) is 4.39 Å². The molecule has 92 valence electrons. The quantitative estimate of drug-likeness (QED) is 0.807. The molecule has 1 heterocycles. The Balaban J connectivity index is 2.13. The Morgan fingerprint density at radius 1 is 1.17 bits per heavy atom. The molecule has 2 aromatic carbocycles. The number of rotatable bonds is 1. The second-order valence-corrected chi connectivity index (χ2v) is 4.54. The van der Waals surface area contributed by atoms with Crippen LogP contribution in [0.5, 0.6) is 5.75 Å². The van der Waals surface area contributed by atoms with Crippen molar-refractivity contribution in [1.82, 2.24) is 5.32 Å². The van der Waals surface area contributed by atoms with Gasteiger partial charge < -0.3 is 10.4 Å². The molecule has 1 aliphatic rings. The van der Waals surface area contributed by atoms with Gasteiger partial charge in [0.2, 0.25) is 0 Å². The van der Waals surface area contributed by atoms with Crippen LogP contribution >= 0.6 is 0 Å². The SMILES string of the molecule is Oc1ccc(-c2cccc3c2CCNC3)cc1F. The fourth-order valence-corrected chi connectivity index (χ4v) is 2.48. The Morgan fingerprint density at radius 2 is 2.06 bits per heavy atom. The summed E-state index contributed by atoms with van der Waals surface area (Å²) >= 11 is 0. The highest BCUT2D eigenvalue weighted by Crippen LogP contribution is 2.30. The Bertz CT molecular complexity index is 595. The van der Waals surface area contributed by atoms with Crippen molar-refractivity contribution in [2.75, 3.05) is 6.54 Å². The van der Waals surface area contributed by atoms with Gasteiger partial charge in [-0.25, -0.2) is 4.39 Å². The van der Waals surface area contributed by atoms with E-state index < -0.39 is 5.82 Å². The Labute approximate surface area is 105 Å². The lowest BCUT2D eigenvalue weighted by Gasteiger charge is -2.20. The number of halogens is 1. The monoisotopic (exact) mass is 243 g/mol. The number of aromatic hydroxyl groups is 1. The van der Waals surface area contributed by atoms with Crippen molar-refractivity contribution in [2.45, 2.75) is 13.0 Å². The first-order valence-corrected chi connectivity index (χ1v) is 6.06. The topological polar surface area (TPSA) is 32.3 Å². The molecule has 2 nitrogen and oxygen atoms in total. The molecule has 2 N–H and O–H groups in total. The van der Waals surface area contributed by atoms with Gasteiger partial charge in [0.25, 0.3) is 0 Å². The van der Waals surface area contributed by atoms with Crippen LogP contribution < -0.4 is 5.32 Å². The number of fused-ring (bicyclic) bond motifs is 1. The average molecular weight is 243 g/mol. The van der Waals surface area contributed by atoms with Crippen molar-refractivity contribution < 1.29 is 9.50 Å². The predicted molar refractivity (Wildman–Crippen MR) is 68.9 cm³/mol. The van der Waals surface area contributed by atoms with E-state index >= 15 is 0 Å². The second kappa shape index (κ2) is 4.42. The van der Waals surface area contributed by atoms with Crippen molar-refractivity contribution in [2.24, 2.45) is 0 Å². The van der Waals surface area contributed by atoms with Gasteiger partial charge in [0.05, 0.1) is 0 Å². The van der Waals surface area contributed by atoms with Crippen LogP contribution in [0.2, 0.25) is 0 Å². The molecular weight excluding hydrogens is 229 g/mol. The van der Waals surface area contributed by atoms with E-state index in [1.165, 1.54) is 23.3 Å². The summed E-state index contributed by atoms with van der Waals surface area (Å²) in [6, 6.07) is 10.7. The molecule has 0 bridgehead atoms. The van der Waals surface area contributed by atoms with Crippen LogP contribution in [-0.4, -0.2) is 11.7 Å². The largest absolute Gasteiger partial charge is 0.505 e. The van der Waals surface area contributed by atoms with E-state index in [1.807, 2.05) is 12.1 Å². The molecule has 0 aromatic heterocycles. The van der Waals surface area contributed by atoms with Crippen LogP contribution in [0.1, 0.15) is 11.1 Å². The number of benzene rings is 2. The Morgan fingerprint density at radius 3 is 2.89 bits per heavy atom. The van der Waals surface area contributed by atoms with Gasteiger partial charge in [-0.2, -0.15) is 0 Å². The van der Waals surface area contributed by atoms with Gasteiger partial charge in [-0.05, 0) is 47.4 Å². The molecule has 0 fully saturated rings. The van der Waals surface area contributed by atoms with Crippen LogP contribution in [0.3, 0.4) is 0 Å². The lowest BCUT2D eigenvalue weighted by Crippen LogP contribution is -2.24. The minimum absolute atomic E-state index is 0.301. The van der Waals surface area contributed by atoms with E-state index in [0.717, 1.165) is 30.6 Å². The molecule has 3 rings (SSSR count). The molecule has 0 unspecified atom stereocenters. The maximum Gasteiger partial charge on any atom is 0.165 e. The molecule has 0 spiro atoms. The molecular formula is C15H14FNO. The molecule has 0 saturated heterocycles. The third-order valence-corrected chi connectivity index (χ3v) is 3.40. The summed E-state index contributed by atoms with van der Waals surface area (Å²) in [6.45, 7) is 1.81. The molecule has 18 heavy (non-hydrogen) atoms. The van der Waals surface area contributed by atoms with E-state index in [9.17, 15) is 9.50 Å². The second-order valence-electron chi connectivity index (χ2n) is 4.54. The zero-order valence-electron chi connectivity index (χ0n) is 9.91.